The summed E-state index contributed by atoms with van der Waals surface area (Å²) in [5.74, 6) is 6.19. The van der Waals surface area contributed by atoms with Crippen LogP contribution in [0.5, 0.6) is 0 Å². The van der Waals surface area contributed by atoms with Gasteiger partial charge >= 0.3 is 0 Å². The molecule has 0 amide bonds. The average Bonchev–Trinajstić information content (AvgIpc) is 2.29. The zero-order valence-electron chi connectivity index (χ0n) is 7.94. The van der Waals surface area contributed by atoms with Gasteiger partial charge in [-0.3, -0.25) is 4.98 Å². The summed E-state index contributed by atoms with van der Waals surface area (Å²) < 4.78 is 1.02. The molecule has 0 N–H and O–H groups in total. The Morgan fingerprint density at radius 3 is 2.40 bits per heavy atom. The lowest BCUT2D eigenvalue weighted by Crippen LogP contribution is -1.77. The molecule has 0 spiro atoms. The molecule has 0 aliphatic carbocycles. The van der Waals surface area contributed by atoms with E-state index in [1.807, 2.05) is 36.4 Å². The standard InChI is InChI=1S/C13H8BrN/c14-13-4-2-1-3-12(13)6-5-11-7-9-15-10-8-11/h1-4,7-10H. The lowest BCUT2D eigenvalue weighted by molar-refractivity contribution is 1.32. The van der Waals surface area contributed by atoms with Crippen LogP contribution in [0.4, 0.5) is 0 Å². The third kappa shape index (κ3) is 2.68. The van der Waals surface area contributed by atoms with E-state index in [0.29, 0.717) is 0 Å². The first-order valence-electron chi connectivity index (χ1n) is 4.53. The molecule has 0 fully saturated rings. The van der Waals surface area contributed by atoms with Crippen LogP contribution in [0.2, 0.25) is 0 Å². The van der Waals surface area contributed by atoms with E-state index < -0.39 is 0 Å². The second kappa shape index (κ2) is 4.77. The van der Waals surface area contributed by atoms with Crippen molar-refractivity contribution in [3.05, 3.63) is 64.4 Å². The number of hydrogen-bond acceptors (Lipinski definition) is 1. The van der Waals surface area contributed by atoms with Crippen LogP contribution in [-0.2, 0) is 0 Å². The normalized spacial score (nSPS) is 9.13. The summed E-state index contributed by atoms with van der Waals surface area (Å²) in [5, 5.41) is 0. The molecule has 1 heterocycles. The van der Waals surface area contributed by atoms with E-state index in [9.17, 15) is 0 Å². The molecule has 2 rings (SSSR count). The van der Waals surface area contributed by atoms with Crippen molar-refractivity contribution in [2.24, 2.45) is 0 Å². The van der Waals surface area contributed by atoms with E-state index in [-0.39, 0.29) is 0 Å². The molecule has 1 aromatic carbocycles. The summed E-state index contributed by atoms with van der Waals surface area (Å²) in [5.41, 5.74) is 1.97. The third-order valence-corrected chi connectivity index (χ3v) is 2.59. The molecule has 0 radical (unpaired) electrons. The molecular formula is C13H8BrN. The summed E-state index contributed by atoms with van der Waals surface area (Å²) in [6, 6.07) is 11.7. The summed E-state index contributed by atoms with van der Waals surface area (Å²) in [6.07, 6.45) is 3.48. The first-order valence-corrected chi connectivity index (χ1v) is 5.32. The van der Waals surface area contributed by atoms with E-state index in [4.69, 9.17) is 0 Å². The van der Waals surface area contributed by atoms with Gasteiger partial charge in [0.15, 0.2) is 0 Å². The number of hydrogen-bond donors (Lipinski definition) is 0. The van der Waals surface area contributed by atoms with Gasteiger partial charge in [-0.15, -0.1) is 0 Å². The number of benzene rings is 1. The highest BCUT2D eigenvalue weighted by Gasteiger charge is 1.92. The van der Waals surface area contributed by atoms with Gasteiger partial charge in [0.25, 0.3) is 0 Å². The molecule has 0 saturated carbocycles. The van der Waals surface area contributed by atoms with Crippen molar-refractivity contribution >= 4 is 15.9 Å². The fraction of sp³-hybridized carbons (Fsp3) is 0. The van der Waals surface area contributed by atoms with Gasteiger partial charge < -0.3 is 0 Å². The summed E-state index contributed by atoms with van der Waals surface area (Å²) in [4.78, 5) is 3.94. The van der Waals surface area contributed by atoms with Crippen LogP contribution in [0.15, 0.2) is 53.3 Å². The zero-order chi connectivity index (χ0) is 10.5. The second-order valence-electron chi connectivity index (χ2n) is 2.97. The van der Waals surface area contributed by atoms with Gasteiger partial charge in [0.1, 0.15) is 0 Å². The quantitative estimate of drug-likeness (QED) is 0.661. The predicted octanol–water partition coefficient (Wildman–Crippen LogP) is 3.24. The van der Waals surface area contributed by atoms with E-state index in [0.717, 1.165) is 15.6 Å². The van der Waals surface area contributed by atoms with Gasteiger partial charge in [0, 0.05) is 28.0 Å². The maximum Gasteiger partial charge on any atom is 0.0391 e. The van der Waals surface area contributed by atoms with Crippen molar-refractivity contribution in [2.75, 3.05) is 0 Å². The summed E-state index contributed by atoms with van der Waals surface area (Å²) in [6.45, 7) is 0. The van der Waals surface area contributed by atoms with E-state index in [1.165, 1.54) is 0 Å². The van der Waals surface area contributed by atoms with Crippen molar-refractivity contribution in [3.8, 4) is 11.8 Å². The molecule has 0 aliphatic heterocycles. The fourth-order valence-corrected chi connectivity index (χ4v) is 1.52. The Bertz CT molecular complexity index is 509. The van der Waals surface area contributed by atoms with Crippen molar-refractivity contribution < 1.29 is 0 Å². The second-order valence-corrected chi connectivity index (χ2v) is 3.82. The Kier molecular flexibility index (Phi) is 3.16. The van der Waals surface area contributed by atoms with Gasteiger partial charge in [-0.05, 0) is 40.2 Å². The highest BCUT2D eigenvalue weighted by atomic mass is 79.9. The molecule has 0 unspecified atom stereocenters. The van der Waals surface area contributed by atoms with Gasteiger partial charge in [-0.2, -0.15) is 0 Å². The molecule has 2 aromatic rings. The van der Waals surface area contributed by atoms with Gasteiger partial charge in [0.2, 0.25) is 0 Å². The molecule has 0 bridgehead atoms. The molecular weight excluding hydrogens is 250 g/mol. The lowest BCUT2D eigenvalue weighted by Gasteiger charge is -1.93. The van der Waals surface area contributed by atoms with Crippen LogP contribution >= 0.6 is 15.9 Å². The Morgan fingerprint density at radius 2 is 1.67 bits per heavy atom. The van der Waals surface area contributed by atoms with Crippen LogP contribution in [0.1, 0.15) is 11.1 Å². The Hall–Kier alpha value is -1.59. The Balaban J connectivity index is 2.31. The first-order chi connectivity index (χ1) is 7.36. The fourth-order valence-electron chi connectivity index (χ4n) is 1.14. The van der Waals surface area contributed by atoms with E-state index in [1.54, 1.807) is 12.4 Å². The van der Waals surface area contributed by atoms with Gasteiger partial charge in [-0.1, -0.05) is 24.0 Å². The lowest BCUT2D eigenvalue weighted by atomic mass is 10.2. The SMILES string of the molecule is Brc1ccccc1C#Cc1ccncc1. The highest BCUT2D eigenvalue weighted by Crippen LogP contribution is 2.14. The molecule has 1 aromatic heterocycles. The van der Waals surface area contributed by atoms with Crippen LogP contribution in [0, 0.1) is 11.8 Å². The van der Waals surface area contributed by atoms with Crippen LogP contribution in [-0.4, -0.2) is 4.98 Å². The predicted molar refractivity (Wildman–Crippen MR) is 64.4 cm³/mol. The van der Waals surface area contributed by atoms with Crippen LogP contribution in [0.25, 0.3) is 0 Å². The van der Waals surface area contributed by atoms with Gasteiger partial charge in [-0.25, -0.2) is 0 Å². The van der Waals surface area contributed by atoms with Crippen molar-refractivity contribution in [1.82, 2.24) is 4.98 Å². The average molecular weight is 258 g/mol. The van der Waals surface area contributed by atoms with Crippen molar-refractivity contribution in [2.45, 2.75) is 0 Å². The third-order valence-electron chi connectivity index (χ3n) is 1.90. The number of nitrogens with zero attached hydrogens (tertiary/aromatic N) is 1. The molecule has 72 valence electrons. The minimum Gasteiger partial charge on any atom is -0.265 e. The largest absolute Gasteiger partial charge is 0.265 e. The molecule has 0 saturated heterocycles. The molecule has 0 atom stereocenters. The topological polar surface area (TPSA) is 12.9 Å². The van der Waals surface area contributed by atoms with Crippen LogP contribution < -0.4 is 0 Å². The van der Waals surface area contributed by atoms with Crippen LogP contribution in [0.3, 0.4) is 0 Å². The number of rotatable bonds is 0. The van der Waals surface area contributed by atoms with Crippen molar-refractivity contribution in [1.29, 1.82) is 0 Å². The Morgan fingerprint density at radius 1 is 0.933 bits per heavy atom. The van der Waals surface area contributed by atoms with E-state index in [2.05, 4.69) is 32.8 Å². The molecule has 15 heavy (non-hydrogen) atoms. The summed E-state index contributed by atoms with van der Waals surface area (Å²) in [7, 11) is 0. The maximum absolute atomic E-state index is 3.94. The smallest absolute Gasteiger partial charge is 0.0391 e. The number of aromatic nitrogens is 1. The molecule has 1 nitrogen and oxygen atoms in total. The van der Waals surface area contributed by atoms with E-state index >= 15 is 0 Å². The number of pyridine rings is 1. The first kappa shape index (κ1) is 9.95. The maximum atomic E-state index is 3.94. The minimum atomic E-state index is 0.973. The highest BCUT2D eigenvalue weighted by molar-refractivity contribution is 9.10. The Labute approximate surface area is 97.3 Å². The summed E-state index contributed by atoms with van der Waals surface area (Å²) >= 11 is 3.45. The monoisotopic (exact) mass is 257 g/mol. The zero-order valence-corrected chi connectivity index (χ0v) is 9.53. The minimum absolute atomic E-state index is 0.973. The molecule has 0 aliphatic rings. The molecule has 2 heteroatoms. The number of halogens is 1. The van der Waals surface area contributed by atoms with Gasteiger partial charge in [0.05, 0.1) is 0 Å². The van der Waals surface area contributed by atoms with Crippen molar-refractivity contribution in [3.63, 3.8) is 0 Å².